The van der Waals surface area contributed by atoms with Gasteiger partial charge in [-0.05, 0) is 84.0 Å². The smallest absolute Gasteiger partial charge is 0.0631 e. The summed E-state index contributed by atoms with van der Waals surface area (Å²) in [5.74, 6) is 8.23. The molecular weight excluding hydrogens is 256 g/mol. The van der Waals surface area contributed by atoms with Gasteiger partial charge < -0.3 is 4.74 Å². The quantitative estimate of drug-likeness (QED) is 0.554. The van der Waals surface area contributed by atoms with Crippen LogP contribution in [-0.4, -0.2) is 34.8 Å². The van der Waals surface area contributed by atoms with Crippen LogP contribution in [0.5, 0.6) is 0 Å². The standard InChI is InChI=1S/C16H28O2S/c1-19(2,17)6-4-3-5-18-16-14-8-12-7-13(10-14)11-15(16)9-12/h12-16H,1,3-11H2,2H3. The molecule has 0 aromatic carbocycles. The first-order valence-electron chi connectivity index (χ1n) is 7.93. The largest absolute Gasteiger partial charge is 0.378 e. The van der Waals surface area contributed by atoms with Crippen LogP contribution in [0.25, 0.3) is 0 Å². The van der Waals surface area contributed by atoms with Crippen molar-refractivity contribution >= 4 is 15.4 Å². The molecule has 4 aliphatic rings. The van der Waals surface area contributed by atoms with E-state index >= 15 is 0 Å². The third-order valence-corrected chi connectivity index (χ3v) is 6.57. The molecule has 2 nitrogen and oxygen atoms in total. The van der Waals surface area contributed by atoms with Gasteiger partial charge in [-0.2, -0.15) is 0 Å². The Kier molecular flexibility index (Phi) is 3.96. The van der Waals surface area contributed by atoms with Crippen LogP contribution in [0.1, 0.15) is 44.9 Å². The van der Waals surface area contributed by atoms with Crippen molar-refractivity contribution in [2.45, 2.75) is 51.0 Å². The molecule has 1 atom stereocenters. The van der Waals surface area contributed by atoms with Crippen molar-refractivity contribution in [1.82, 2.24) is 0 Å². The molecule has 4 bridgehead atoms. The molecule has 4 saturated carbocycles. The fraction of sp³-hybridized carbons (Fsp3) is 0.938. The van der Waals surface area contributed by atoms with Crippen LogP contribution >= 0.6 is 0 Å². The average molecular weight is 284 g/mol. The van der Waals surface area contributed by atoms with E-state index in [2.05, 4.69) is 5.87 Å². The predicted octanol–water partition coefficient (Wildman–Crippen LogP) is 2.95. The third kappa shape index (κ3) is 3.36. The first-order chi connectivity index (χ1) is 9.01. The van der Waals surface area contributed by atoms with E-state index in [1.54, 1.807) is 6.26 Å². The van der Waals surface area contributed by atoms with Gasteiger partial charge >= 0.3 is 0 Å². The second-order valence-electron chi connectivity index (χ2n) is 7.36. The van der Waals surface area contributed by atoms with Gasteiger partial charge in [0, 0.05) is 18.6 Å². The van der Waals surface area contributed by atoms with Gasteiger partial charge in [0.25, 0.3) is 0 Å². The zero-order valence-electron chi connectivity index (χ0n) is 12.2. The number of ether oxygens (including phenoxy) is 1. The van der Waals surface area contributed by atoms with Crippen molar-refractivity contribution in [1.29, 1.82) is 0 Å². The molecule has 4 rings (SSSR count). The van der Waals surface area contributed by atoms with Gasteiger partial charge in [-0.1, -0.05) is 0 Å². The molecule has 0 saturated heterocycles. The van der Waals surface area contributed by atoms with Crippen LogP contribution in [-0.2, 0) is 14.3 Å². The maximum Gasteiger partial charge on any atom is 0.0631 e. The lowest BCUT2D eigenvalue weighted by Crippen LogP contribution is -2.49. The number of hydrogen-bond donors (Lipinski definition) is 0. The molecule has 1 unspecified atom stereocenters. The molecule has 0 aromatic rings. The Hall–Kier alpha value is -0.0200. The average Bonchev–Trinajstić information content (AvgIpc) is 2.29. The van der Waals surface area contributed by atoms with Crippen LogP contribution in [0, 0.1) is 23.7 Å². The normalized spacial score (nSPS) is 43.3. The predicted molar refractivity (Wildman–Crippen MR) is 82.1 cm³/mol. The number of rotatable bonds is 6. The Morgan fingerprint density at radius 1 is 1.05 bits per heavy atom. The van der Waals surface area contributed by atoms with E-state index in [1.165, 1.54) is 32.1 Å². The summed E-state index contributed by atoms with van der Waals surface area (Å²) in [6.07, 6.45) is 11.6. The van der Waals surface area contributed by atoms with E-state index in [4.69, 9.17) is 4.74 Å². The fourth-order valence-electron chi connectivity index (χ4n) is 4.88. The molecule has 0 N–H and O–H groups in total. The summed E-state index contributed by atoms with van der Waals surface area (Å²) < 4.78 is 17.7. The van der Waals surface area contributed by atoms with Gasteiger partial charge in [0.1, 0.15) is 0 Å². The van der Waals surface area contributed by atoms with Gasteiger partial charge in [0.15, 0.2) is 0 Å². The van der Waals surface area contributed by atoms with Crippen LogP contribution < -0.4 is 0 Å². The minimum atomic E-state index is -1.80. The van der Waals surface area contributed by atoms with Gasteiger partial charge in [0.05, 0.1) is 6.10 Å². The van der Waals surface area contributed by atoms with Crippen molar-refractivity contribution in [3.05, 3.63) is 0 Å². The first kappa shape index (κ1) is 13.9. The van der Waals surface area contributed by atoms with Crippen molar-refractivity contribution < 1.29 is 8.95 Å². The lowest BCUT2D eigenvalue weighted by atomic mass is 9.55. The van der Waals surface area contributed by atoms with Crippen molar-refractivity contribution in [2.24, 2.45) is 23.7 Å². The molecule has 0 heterocycles. The second kappa shape index (κ2) is 5.40. The van der Waals surface area contributed by atoms with Crippen molar-refractivity contribution in [3.8, 4) is 0 Å². The second-order valence-corrected chi connectivity index (χ2v) is 10.1. The Balaban J connectivity index is 1.41. The molecule has 19 heavy (non-hydrogen) atoms. The van der Waals surface area contributed by atoms with E-state index in [0.29, 0.717) is 6.10 Å². The zero-order chi connectivity index (χ0) is 13.5. The summed E-state index contributed by atoms with van der Waals surface area (Å²) in [6, 6.07) is 0. The minimum Gasteiger partial charge on any atom is -0.378 e. The molecule has 0 radical (unpaired) electrons. The highest BCUT2D eigenvalue weighted by atomic mass is 32.2. The van der Waals surface area contributed by atoms with Crippen molar-refractivity contribution in [2.75, 3.05) is 18.6 Å². The maximum absolute atomic E-state index is 11.5. The Bertz CT molecular complexity index is 384. The lowest BCUT2D eigenvalue weighted by Gasteiger charge is -2.54. The third-order valence-electron chi connectivity index (χ3n) is 5.42. The summed E-state index contributed by atoms with van der Waals surface area (Å²) in [5, 5.41) is 0. The molecule has 0 aromatic heterocycles. The van der Waals surface area contributed by atoms with E-state index in [-0.39, 0.29) is 0 Å². The molecule has 0 aliphatic heterocycles. The first-order valence-corrected chi connectivity index (χ1v) is 10.2. The van der Waals surface area contributed by atoms with E-state index < -0.39 is 9.52 Å². The Morgan fingerprint density at radius 2 is 1.63 bits per heavy atom. The molecule has 4 aliphatic carbocycles. The lowest BCUT2D eigenvalue weighted by molar-refractivity contribution is -0.126. The van der Waals surface area contributed by atoms with Gasteiger partial charge in [-0.3, -0.25) is 4.21 Å². The van der Waals surface area contributed by atoms with Gasteiger partial charge in [-0.25, -0.2) is 0 Å². The Labute approximate surface area is 118 Å². The summed E-state index contributed by atoms with van der Waals surface area (Å²) >= 11 is 0. The fourth-order valence-corrected chi connectivity index (χ4v) is 5.69. The molecule has 3 heteroatoms. The zero-order valence-corrected chi connectivity index (χ0v) is 13.0. The van der Waals surface area contributed by atoms with Crippen LogP contribution in [0.2, 0.25) is 0 Å². The van der Waals surface area contributed by atoms with Gasteiger partial charge in [0.2, 0.25) is 0 Å². The summed E-state index contributed by atoms with van der Waals surface area (Å²) in [5.41, 5.74) is 0. The van der Waals surface area contributed by atoms with Crippen LogP contribution in [0.3, 0.4) is 0 Å². The molecule has 4 fully saturated rings. The van der Waals surface area contributed by atoms with E-state index in [9.17, 15) is 4.21 Å². The summed E-state index contributed by atoms with van der Waals surface area (Å²) in [4.78, 5) is 0. The number of unbranched alkanes of at least 4 members (excludes halogenated alkanes) is 1. The maximum atomic E-state index is 11.5. The highest BCUT2D eigenvalue weighted by Gasteiger charge is 2.48. The monoisotopic (exact) mass is 284 g/mol. The molecule has 0 amide bonds. The molecule has 110 valence electrons. The molecular formula is C16H28O2S. The van der Waals surface area contributed by atoms with E-state index in [0.717, 1.165) is 48.9 Å². The van der Waals surface area contributed by atoms with E-state index in [1.807, 2.05) is 0 Å². The summed E-state index contributed by atoms with van der Waals surface area (Å²) in [6.45, 7) is 0.864. The van der Waals surface area contributed by atoms with Gasteiger partial charge in [-0.15, -0.1) is 0 Å². The minimum absolute atomic E-state index is 0.554. The SMILES string of the molecule is C=S(C)(=O)CCCCOC1C2CC3CC(C2)CC1C3. The van der Waals surface area contributed by atoms with Crippen molar-refractivity contribution in [3.63, 3.8) is 0 Å². The Morgan fingerprint density at radius 3 is 2.16 bits per heavy atom. The van der Waals surface area contributed by atoms with Crippen LogP contribution in [0.15, 0.2) is 0 Å². The van der Waals surface area contributed by atoms with Crippen LogP contribution in [0.4, 0.5) is 0 Å². The molecule has 0 spiro atoms. The highest BCUT2D eigenvalue weighted by molar-refractivity contribution is 7.99. The topological polar surface area (TPSA) is 26.3 Å². The number of hydrogen-bond acceptors (Lipinski definition) is 2. The highest BCUT2D eigenvalue weighted by Crippen LogP contribution is 2.54. The summed E-state index contributed by atoms with van der Waals surface area (Å²) in [7, 11) is -1.80.